The van der Waals surface area contributed by atoms with Crippen LogP contribution in [0, 0.1) is 6.92 Å². The number of methoxy groups -OCH3 is 1. The Morgan fingerprint density at radius 2 is 1.88 bits per heavy atom. The van der Waals surface area contributed by atoms with Gasteiger partial charge in [-0.15, -0.1) is 0 Å². The highest BCUT2D eigenvalue weighted by Crippen LogP contribution is 2.18. The van der Waals surface area contributed by atoms with Crippen molar-refractivity contribution in [3.05, 3.63) is 59.2 Å². The van der Waals surface area contributed by atoms with Gasteiger partial charge < -0.3 is 10.1 Å². The highest BCUT2D eigenvalue weighted by atomic mass is 32.2. The monoisotopic (exact) mass is 347 g/mol. The van der Waals surface area contributed by atoms with Crippen molar-refractivity contribution in [2.45, 2.75) is 18.2 Å². The number of carbonyl (C=O) groups is 1. The van der Waals surface area contributed by atoms with Crippen LogP contribution in [-0.2, 0) is 16.3 Å². The zero-order valence-corrected chi connectivity index (χ0v) is 14.8. The Kier molecular flexibility index (Phi) is 5.62. The number of ether oxygens (including phenoxy) is 1. The molecule has 2 aromatic carbocycles. The summed E-state index contributed by atoms with van der Waals surface area (Å²) in [6, 6.07) is 12.3. The summed E-state index contributed by atoms with van der Waals surface area (Å²) in [7, 11) is -1.75. The molecule has 24 heavy (non-hydrogen) atoms. The lowest BCUT2D eigenvalue weighted by atomic mass is 10.1. The Bertz CT molecular complexity index is 844. The SMILES string of the molecule is COc1ccccc1CCNC(=O)c1ccc(C)c(S(C)(=O)=O)c1. The first kappa shape index (κ1) is 18.0. The van der Waals surface area contributed by atoms with Crippen molar-refractivity contribution in [1.82, 2.24) is 5.32 Å². The van der Waals surface area contributed by atoms with Crippen LogP contribution in [0.3, 0.4) is 0 Å². The lowest BCUT2D eigenvalue weighted by molar-refractivity contribution is 0.0954. The molecule has 0 radical (unpaired) electrons. The van der Waals surface area contributed by atoms with E-state index < -0.39 is 9.84 Å². The quantitative estimate of drug-likeness (QED) is 0.871. The lowest BCUT2D eigenvalue weighted by Gasteiger charge is -2.10. The number of hydrogen-bond acceptors (Lipinski definition) is 4. The normalized spacial score (nSPS) is 11.1. The van der Waals surface area contributed by atoms with E-state index in [1.54, 1.807) is 26.2 Å². The molecule has 6 heteroatoms. The van der Waals surface area contributed by atoms with Crippen molar-refractivity contribution >= 4 is 15.7 Å². The van der Waals surface area contributed by atoms with E-state index in [0.717, 1.165) is 17.6 Å². The second-order valence-corrected chi connectivity index (χ2v) is 7.55. The third kappa shape index (κ3) is 4.35. The van der Waals surface area contributed by atoms with Gasteiger partial charge in [-0.05, 0) is 42.7 Å². The van der Waals surface area contributed by atoms with E-state index in [2.05, 4.69) is 5.32 Å². The van der Waals surface area contributed by atoms with E-state index in [1.165, 1.54) is 6.07 Å². The first-order valence-electron chi connectivity index (χ1n) is 7.53. The van der Waals surface area contributed by atoms with Gasteiger partial charge in [0.15, 0.2) is 9.84 Å². The third-order valence-corrected chi connectivity index (χ3v) is 4.96. The number of amides is 1. The molecule has 5 nitrogen and oxygen atoms in total. The molecule has 0 bridgehead atoms. The van der Waals surface area contributed by atoms with E-state index in [4.69, 9.17) is 4.74 Å². The molecule has 0 aliphatic rings. The van der Waals surface area contributed by atoms with Gasteiger partial charge in [-0.25, -0.2) is 8.42 Å². The van der Waals surface area contributed by atoms with Crippen molar-refractivity contribution in [2.75, 3.05) is 19.9 Å². The maximum Gasteiger partial charge on any atom is 0.251 e. The van der Waals surface area contributed by atoms with Gasteiger partial charge in [0.05, 0.1) is 12.0 Å². The van der Waals surface area contributed by atoms with E-state index in [9.17, 15) is 13.2 Å². The van der Waals surface area contributed by atoms with E-state index in [-0.39, 0.29) is 10.8 Å². The van der Waals surface area contributed by atoms with Gasteiger partial charge in [0.25, 0.3) is 5.91 Å². The Morgan fingerprint density at radius 1 is 1.17 bits per heavy atom. The Labute approximate surface area is 142 Å². The molecular formula is C18H21NO4S. The van der Waals surface area contributed by atoms with Crippen molar-refractivity contribution < 1.29 is 17.9 Å². The number of hydrogen-bond donors (Lipinski definition) is 1. The average molecular weight is 347 g/mol. The Morgan fingerprint density at radius 3 is 2.54 bits per heavy atom. The van der Waals surface area contributed by atoms with Crippen LogP contribution in [0.5, 0.6) is 5.75 Å². The van der Waals surface area contributed by atoms with Crippen LogP contribution in [0.15, 0.2) is 47.4 Å². The summed E-state index contributed by atoms with van der Waals surface area (Å²) in [4.78, 5) is 12.4. The summed E-state index contributed by atoms with van der Waals surface area (Å²) in [5.74, 6) is 0.483. The predicted molar refractivity (Wildman–Crippen MR) is 93.3 cm³/mol. The molecule has 0 aromatic heterocycles. The minimum Gasteiger partial charge on any atom is -0.496 e. The maximum atomic E-state index is 12.2. The number of benzene rings is 2. The molecule has 0 atom stereocenters. The predicted octanol–water partition coefficient (Wildman–Crippen LogP) is 2.38. The van der Waals surface area contributed by atoms with Crippen molar-refractivity contribution in [2.24, 2.45) is 0 Å². The summed E-state index contributed by atoms with van der Waals surface area (Å²) in [5.41, 5.74) is 1.96. The highest BCUT2D eigenvalue weighted by molar-refractivity contribution is 7.90. The largest absolute Gasteiger partial charge is 0.496 e. The zero-order valence-electron chi connectivity index (χ0n) is 14.0. The topological polar surface area (TPSA) is 72.5 Å². The van der Waals surface area contributed by atoms with Crippen LogP contribution < -0.4 is 10.1 Å². The number of carbonyl (C=O) groups excluding carboxylic acids is 1. The second kappa shape index (κ2) is 7.49. The molecule has 0 saturated heterocycles. The number of para-hydroxylation sites is 1. The molecule has 1 N–H and O–H groups in total. The van der Waals surface area contributed by atoms with Gasteiger partial charge >= 0.3 is 0 Å². The van der Waals surface area contributed by atoms with Crippen LogP contribution in [-0.4, -0.2) is 34.2 Å². The van der Waals surface area contributed by atoms with Gasteiger partial charge in [0.2, 0.25) is 0 Å². The minimum atomic E-state index is -3.36. The van der Waals surface area contributed by atoms with Gasteiger partial charge in [-0.3, -0.25) is 4.79 Å². The standard InChI is InChI=1S/C18H21NO4S/c1-13-8-9-15(12-17(13)24(3,21)22)18(20)19-11-10-14-6-4-5-7-16(14)23-2/h4-9,12H,10-11H2,1-3H3,(H,19,20). The summed E-state index contributed by atoms with van der Waals surface area (Å²) >= 11 is 0. The second-order valence-electron chi connectivity index (χ2n) is 5.57. The summed E-state index contributed by atoms with van der Waals surface area (Å²) < 4.78 is 28.8. The number of aryl methyl sites for hydroxylation is 1. The zero-order chi connectivity index (χ0) is 17.7. The van der Waals surface area contributed by atoms with Crippen LogP contribution in [0.4, 0.5) is 0 Å². The Hall–Kier alpha value is -2.34. The van der Waals surface area contributed by atoms with Crippen LogP contribution in [0.1, 0.15) is 21.5 Å². The fraction of sp³-hybridized carbons (Fsp3) is 0.278. The van der Waals surface area contributed by atoms with Crippen LogP contribution in [0.2, 0.25) is 0 Å². The Balaban J connectivity index is 2.06. The molecule has 0 fully saturated rings. The van der Waals surface area contributed by atoms with Gasteiger partial charge in [0, 0.05) is 18.4 Å². The molecule has 0 saturated carbocycles. The molecule has 1 amide bonds. The van der Waals surface area contributed by atoms with E-state index >= 15 is 0 Å². The maximum absolute atomic E-state index is 12.2. The van der Waals surface area contributed by atoms with Crippen LogP contribution in [0.25, 0.3) is 0 Å². The van der Waals surface area contributed by atoms with Crippen molar-refractivity contribution in [3.8, 4) is 5.75 Å². The number of rotatable bonds is 6. The molecule has 0 heterocycles. The number of sulfone groups is 1. The first-order chi connectivity index (χ1) is 11.3. The molecule has 2 aromatic rings. The summed E-state index contributed by atoms with van der Waals surface area (Å²) in [6.07, 6.45) is 1.76. The lowest BCUT2D eigenvalue weighted by Crippen LogP contribution is -2.26. The highest BCUT2D eigenvalue weighted by Gasteiger charge is 2.14. The molecule has 0 aliphatic heterocycles. The average Bonchev–Trinajstić information content (AvgIpc) is 2.54. The van der Waals surface area contributed by atoms with Gasteiger partial charge in [0.1, 0.15) is 5.75 Å². The van der Waals surface area contributed by atoms with Crippen LogP contribution >= 0.6 is 0 Å². The number of nitrogens with one attached hydrogen (secondary N) is 1. The molecule has 0 aliphatic carbocycles. The van der Waals surface area contributed by atoms with E-state index in [0.29, 0.717) is 24.1 Å². The molecule has 0 unspecified atom stereocenters. The smallest absolute Gasteiger partial charge is 0.251 e. The molecule has 2 rings (SSSR count). The summed E-state index contributed by atoms with van der Waals surface area (Å²) in [5, 5.41) is 2.81. The first-order valence-corrected chi connectivity index (χ1v) is 9.43. The summed E-state index contributed by atoms with van der Waals surface area (Å²) in [6.45, 7) is 2.14. The molecule has 128 valence electrons. The van der Waals surface area contributed by atoms with Gasteiger partial charge in [-0.1, -0.05) is 24.3 Å². The molecule has 0 spiro atoms. The third-order valence-electron chi connectivity index (χ3n) is 3.72. The fourth-order valence-corrected chi connectivity index (χ4v) is 3.46. The van der Waals surface area contributed by atoms with E-state index in [1.807, 2.05) is 24.3 Å². The van der Waals surface area contributed by atoms with Crippen molar-refractivity contribution in [3.63, 3.8) is 0 Å². The van der Waals surface area contributed by atoms with Crippen molar-refractivity contribution in [1.29, 1.82) is 0 Å². The fourth-order valence-electron chi connectivity index (χ4n) is 2.46. The van der Waals surface area contributed by atoms with Gasteiger partial charge in [-0.2, -0.15) is 0 Å². The molecular weight excluding hydrogens is 326 g/mol. The minimum absolute atomic E-state index is 0.180.